The Balaban J connectivity index is 2.37. The summed E-state index contributed by atoms with van der Waals surface area (Å²) in [7, 11) is 0. The topological polar surface area (TPSA) is 38.7 Å². The lowest BCUT2D eigenvalue weighted by Crippen LogP contribution is -2.20. The second-order valence-corrected chi connectivity index (χ2v) is 5.18. The van der Waals surface area contributed by atoms with Gasteiger partial charge in [-0.05, 0) is 31.4 Å². The van der Waals surface area contributed by atoms with E-state index in [0.717, 1.165) is 42.6 Å². The van der Waals surface area contributed by atoms with E-state index in [-0.39, 0.29) is 0 Å². The monoisotopic (exact) mass is 257 g/mol. The SMILES string of the molecule is C=C(C)COc1ccccc1C1(N=C=O)CCCC1. The van der Waals surface area contributed by atoms with Gasteiger partial charge in [-0.15, -0.1) is 0 Å². The summed E-state index contributed by atoms with van der Waals surface area (Å²) in [6.45, 7) is 6.25. The van der Waals surface area contributed by atoms with Gasteiger partial charge in [-0.3, -0.25) is 0 Å². The second kappa shape index (κ2) is 5.85. The first-order chi connectivity index (χ1) is 9.18. The third-order valence-corrected chi connectivity index (χ3v) is 3.55. The van der Waals surface area contributed by atoms with E-state index < -0.39 is 5.54 Å². The Morgan fingerprint density at radius 1 is 1.42 bits per heavy atom. The molecule has 0 aliphatic heterocycles. The summed E-state index contributed by atoms with van der Waals surface area (Å²) in [6.07, 6.45) is 5.68. The molecule has 0 spiro atoms. The number of hydrogen-bond donors (Lipinski definition) is 0. The molecule has 0 bridgehead atoms. The van der Waals surface area contributed by atoms with Crippen molar-refractivity contribution in [3.8, 4) is 5.75 Å². The molecule has 1 aliphatic carbocycles. The largest absolute Gasteiger partial charge is 0.489 e. The van der Waals surface area contributed by atoms with Gasteiger partial charge in [-0.25, -0.2) is 4.79 Å². The van der Waals surface area contributed by atoms with Crippen molar-refractivity contribution >= 4 is 6.08 Å². The van der Waals surface area contributed by atoms with Gasteiger partial charge in [-0.1, -0.05) is 37.6 Å². The molecule has 0 heterocycles. The summed E-state index contributed by atoms with van der Waals surface area (Å²) < 4.78 is 5.79. The van der Waals surface area contributed by atoms with E-state index >= 15 is 0 Å². The van der Waals surface area contributed by atoms with Gasteiger partial charge in [0.2, 0.25) is 6.08 Å². The summed E-state index contributed by atoms with van der Waals surface area (Å²) in [5.41, 5.74) is 1.53. The van der Waals surface area contributed by atoms with E-state index in [0.29, 0.717) is 6.61 Å². The molecule has 0 aromatic heterocycles. The highest BCUT2D eigenvalue weighted by atomic mass is 16.5. The molecule has 1 aromatic rings. The predicted octanol–water partition coefficient (Wildman–Crippen LogP) is 3.75. The fourth-order valence-corrected chi connectivity index (χ4v) is 2.67. The molecule has 0 saturated heterocycles. The smallest absolute Gasteiger partial charge is 0.235 e. The van der Waals surface area contributed by atoms with Crippen LogP contribution in [0.3, 0.4) is 0 Å². The van der Waals surface area contributed by atoms with E-state index in [2.05, 4.69) is 11.6 Å². The molecule has 3 heteroatoms. The molecule has 3 nitrogen and oxygen atoms in total. The van der Waals surface area contributed by atoms with E-state index in [1.165, 1.54) is 0 Å². The lowest BCUT2D eigenvalue weighted by molar-refractivity contribution is 0.333. The number of hydrogen-bond acceptors (Lipinski definition) is 3. The average molecular weight is 257 g/mol. The van der Waals surface area contributed by atoms with Crippen molar-refractivity contribution < 1.29 is 9.53 Å². The Morgan fingerprint density at radius 3 is 2.74 bits per heavy atom. The van der Waals surface area contributed by atoms with Crippen molar-refractivity contribution in [3.05, 3.63) is 42.0 Å². The zero-order valence-corrected chi connectivity index (χ0v) is 11.3. The van der Waals surface area contributed by atoms with Crippen LogP contribution in [0.5, 0.6) is 5.75 Å². The molecule has 1 aliphatic rings. The van der Waals surface area contributed by atoms with Crippen LogP contribution in [0.1, 0.15) is 38.2 Å². The molecule has 0 amide bonds. The van der Waals surface area contributed by atoms with Crippen molar-refractivity contribution in [1.82, 2.24) is 0 Å². The molecule has 1 saturated carbocycles. The number of benzene rings is 1. The molecule has 0 radical (unpaired) electrons. The lowest BCUT2D eigenvalue weighted by atomic mass is 9.88. The van der Waals surface area contributed by atoms with Gasteiger partial charge in [0.25, 0.3) is 0 Å². The average Bonchev–Trinajstić information content (AvgIpc) is 2.87. The second-order valence-electron chi connectivity index (χ2n) is 5.18. The minimum atomic E-state index is -0.437. The number of ether oxygens (including phenoxy) is 1. The van der Waals surface area contributed by atoms with Crippen LogP contribution in [0.2, 0.25) is 0 Å². The van der Waals surface area contributed by atoms with Crippen molar-refractivity contribution in [2.75, 3.05) is 6.61 Å². The number of isocyanates is 1. The quantitative estimate of drug-likeness (QED) is 0.458. The van der Waals surface area contributed by atoms with Crippen LogP contribution in [0, 0.1) is 0 Å². The number of carbonyl (C=O) groups excluding carboxylic acids is 1. The maximum atomic E-state index is 10.8. The number of nitrogens with zero attached hydrogens (tertiary/aromatic N) is 1. The first-order valence-corrected chi connectivity index (χ1v) is 6.64. The zero-order valence-electron chi connectivity index (χ0n) is 11.3. The number of rotatable bonds is 5. The van der Waals surface area contributed by atoms with E-state index in [1.807, 2.05) is 31.2 Å². The van der Waals surface area contributed by atoms with Crippen LogP contribution >= 0.6 is 0 Å². The molecular weight excluding hydrogens is 238 g/mol. The maximum absolute atomic E-state index is 10.8. The van der Waals surface area contributed by atoms with Crippen LogP contribution in [0.25, 0.3) is 0 Å². The van der Waals surface area contributed by atoms with Crippen LogP contribution in [-0.2, 0) is 10.3 Å². The van der Waals surface area contributed by atoms with Crippen molar-refractivity contribution in [2.45, 2.75) is 38.1 Å². The molecule has 100 valence electrons. The maximum Gasteiger partial charge on any atom is 0.235 e. The fraction of sp³-hybridized carbons (Fsp3) is 0.438. The van der Waals surface area contributed by atoms with Gasteiger partial charge in [0.1, 0.15) is 17.9 Å². The third kappa shape index (κ3) is 2.94. The number of aliphatic imine (C=N–C) groups is 1. The minimum absolute atomic E-state index is 0.437. The summed E-state index contributed by atoms with van der Waals surface area (Å²) in [5.74, 6) is 0.798. The molecule has 0 unspecified atom stereocenters. The summed E-state index contributed by atoms with van der Waals surface area (Å²) in [5, 5.41) is 0. The highest BCUT2D eigenvalue weighted by Gasteiger charge is 2.37. The van der Waals surface area contributed by atoms with Gasteiger partial charge >= 0.3 is 0 Å². The van der Waals surface area contributed by atoms with E-state index in [4.69, 9.17) is 4.74 Å². The Morgan fingerprint density at radius 2 is 2.11 bits per heavy atom. The molecule has 2 rings (SSSR count). The molecule has 1 fully saturated rings. The Hall–Kier alpha value is -1.86. The highest BCUT2D eigenvalue weighted by molar-refractivity contribution is 5.44. The first-order valence-electron chi connectivity index (χ1n) is 6.64. The van der Waals surface area contributed by atoms with E-state index in [9.17, 15) is 4.79 Å². The molecule has 0 N–H and O–H groups in total. The van der Waals surface area contributed by atoms with Gasteiger partial charge in [0.05, 0.1) is 0 Å². The van der Waals surface area contributed by atoms with Gasteiger partial charge < -0.3 is 4.74 Å². The van der Waals surface area contributed by atoms with Crippen LogP contribution in [-0.4, -0.2) is 12.7 Å². The fourth-order valence-electron chi connectivity index (χ4n) is 2.67. The van der Waals surface area contributed by atoms with Crippen molar-refractivity contribution in [1.29, 1.82) is 0 Å². The summed E-state index contributed by atoms with van der Waals surface area (Å²) in [6, 6.07) is 7.83. The van der Waals surface area contributed by atoms with Crippen molar-refractivity contribution in [3.63, 3.8) is 0 Å². The first kappa shape index (κ1) is 13.6. The van der Waals surface area contributed by atoms with Crippen LogP contribution < -0.4 is 4.74 Å². The van der Waals surface area contributed by atoms with Gasteiger partial charge in [0, 0.05) is 5.56 Å². The summed E-state index contributed by atoms with van der Waals surface area (Å²) in [4.78, 5) is 14.9. The Bertz CT molecular complexity index is 509. The molecule has 1 aromatic carbocycles. The minimum Gasteiger partial charge on any atom is -0.489 e. The van der Waals surface area contributed by atoms with E-state index in [1.54, 1.807) is 6.08 Å². The summed E-state index contributed by atoms with van der Waals surface area (Å²) >= 11 is 0. The molecule has 19 heavy (non-hydrogen) atoms. The third-order valence-electron chi connectivity index (χ3n) is 3.55. The Kier molecular flexibility index (Phi) is 4.18. The van der Waals surface area contributed by atoms with Crippen molar-refractivity contribution in [2.24, 2.45) is 4.99 Å². The molecular formula is C16H19NO2. The lowest BCUT2D eigenvalue weighted by Gasteiger charge is -2.25. The zero-order chi connectivity index (χ0) is 13.7. The predicted molar refractivity (Wildman–Crippen MR) is 75.0 cm³/mol. The Labute approximate surface area is 114 Å². The molecule has 0 atom stereocenters. The highest BCUT2D eigenvalue weighted by Crippen LogP contribution is 2.45. The normalized spacial score (nSPS) is 16.7. The van der Waals surface area contributed by atoms with Crippen LogP contribution in [0.15, 0.2) is 41.4 Å². The standard InChI is InChI=1S/C16H19NO2/c1-13(2)11-19-15-8-4-3-7-14(15)16(17-12-18)9-5-6-10-16/h3-4,7-8H,1,5-6,9-11H2,2H3. The number of para-hydroxylation sites is 1. The van der Waals surface area contributed by atoms with Gasteiger partial charge in [0.15, 0.2) is 0 Å². The van der Waals surface area contributed by atoms with Crippen LogP contribution in [0.4, 0.5) is 0 Å². The van der Waals surface area contributed by atoms with Gasteiger partial charge in [-0.2, -0.15) is 4.99 Å².